The van der Waals surface area contributed by atoms with Crippen molar-refractivity contribution in [3.8, 4) is 0 Å². The molecule has 0 spiro atoms. The lowest BCUT2D eigenvalue weighted by atomic mass is 10.1. The molecule has 1 amide bonds. The molecule has 1 aliphatic rings. The van der Waals surface area contributed by atoms with Crippen LogP contribution in [0.1, 0.15) is 19.8 Å². The summed E-state index contributed by atoms with van der Waals surface area (Å²) in [4.78, 5) is 15.3. The average molecular weight is 244 g/mol. The summed E-state index contributed by atoms with van der Waals surface area (Å²) in [5.41, 5.74) is 0. The van der Waals surface area contributed by atoms with Gasteiger partial charge in [-0.25, -0.2) is 4.79 Å². The van der Waals surface area contributed by atoms with Gasteiger partial charge in [0.15, 0.2) is 0 Å². The molecule has 5 nitrogen and oxygen atoms in total. The second-order valence-electron chi connectivity index (χ2n) is 4.96. The van der Waals surface area contributed by atoms with E-state index in [1.54, 1.807) is 4.90 Å². The summed E-state index contributed by atoms with van der Waals surface area (Å²) >= 11 is 0. The SMILES string of the molecule is CCCCOC(=O)N1CC(O)C(CN(C)C)C1. The molecule has 0 bridgehead atoms. The number of β-amino-alcohol motifs (C(OH)–C–C–N with tert-alkyl or cyclic N) is 1. The predicted molar refractivity (Wildman–Crippen MR) is 65.9 cm³/mol. The van der Waals surface area contributed by atoms with Crippen molar-refractivity contribution < 1.29 is 14.6 Å². The zero-order chi connectivity index (χ0) is 12.8. The molecule has 0 radical (unpaired) electrons. The van der Waals surface area contributed by atoms with E-state index in [1.807, 2.05) is 19.0 Å². The van der Waals surface area contributed by atoms with Gasteiger partial charge in [0.05, 0.1) is 19.3 Å². The maximum absolute atomic E-state index is 11.7. The van der Waals surface area contributed by atoms with E-state index in [-0.39, 0.29) is 12.0 Å². The molecule has 1 aliphatic heterocycles. The summed E-state index contributed by atoms with van der Waals surface area (Å²) in [7, 11) is 3.93. The molecule has 100 valence electrons. The fraction of sp³-hybridized carbons (Fsp3) is 0.917. The van der Waals surface area contributed by atoms with E-state index in [0.29, 0.717) is 19.7 Å². The molecule has 0 aliphatic carbocycles. The highest BCUT2D eigenvalue weighted by molar-refractivity contribution is 5.68. The van der Waals surface area contributed by atoms with Gasteiger partial charge in [-0.1, -0.05) is 13.3 Å². The number of nitrogens with zero attached hydrogens (tertiary/aromatic N) is 2. The van der Waals surface area contributed by atoms with Crippen LogP contribution in [-0.4, -0.2) is 67.4 Å². The van der Waals surface area contributed by atoms with Gasteiger partial charge in [-0.3, -0.25) is 0 Å². The van der Waals surface area contributed by atoms with Crippen molar-refractivity contribution in [3.05, 3.63) is 0 Å². The van der Waals surface area contributed by atoms with Crippen LogP contribution in [0.2, 0.25) is 0 Å². The van der Waals surface area contributed by atoms with Gasteiger partial charge in [0.2, 0.25) is 0 Å². The third-order valence-electron chi connectivity index (χ3n) is 2.99. The average Bonchev–Trinajstić information content (AvgIpc) is 2.60. The Bertz CT molecular complexity index is 246. The zero-order valence-corrected chi connectivity index (χ0v) is 11.1. The summed E-state index contributed by atoms with van der Waals surface area (Å²) < 4.78 is 5.13. The smallest absolute Gasteiger partial charge is 0.409 e. The van der Waals surface area contributed by atoms with Crippen LogP contribution in [0.5, 0.6) is 0 Å². The van der Waals surface area contributed by atoms with Crippen molar-refractivity contribution in [2.24, 2.45) is 5.92 Å². The lowest BCUT2D eigenvalue weighted by molar-refractivity contribution is 0.100. The Morgan fingerprint density at radius 2 is 2.18 bits per heavy atom. The highest BCUT2D eigenvalue weighted by atomic mass is 16.6. The fourth-order valence-corrected chi connectivity index (χ4v) is 2.05. The number of carbonyl (C=O) groups excluding carboxylic acids is 1. The Morgan fingerprint density at radius 3 is 2.76 bits per heavy atom. The topological polar surface area (TPSA) is 53.0 Å². The number of likely N-dealkylation sites (tertiary alicyclic amines) is 1. The minimum Gasteiger partial charge on any atom is -0.449 e. The molecule has 0 saturated carbocycles. The third kappa shape index (κ3) is 4.52. The zero-order valence-electron chi connectivity index (χ0n) is 11.1. The molecular weight excluding hydrogens is 220 g/mol. The van der Waals surface area contributed by atoms with Gasteiger partial charge in [-0.2, -0.15) is 0 Å². The van der Waals surface area contributed by atoms with Crippen molar-refractivity contribution >= 4 is 6.09 Å². The molecule has 1 rings (SSSR count). The summed E-state index contributed by atoms with van der Waals surface area (Å²) in [6.45, 7) is 4.30. The Morgan fingerprint density at radius 1 is 1.47 bits per heavy atom. The largest absolute Gasteiger partial charge is 0.449 e. The first kappa shape index (κ1) is 14.3. The second kappa shape index (κ2) is 6.81. The van der Waals surface area contributed by atoms with Gasteiger partial charge in [0, 0.05) is 19.0 Å². The first-order valence-electron chi connectivity index (χ1n) is 6.29. The van der Waals surface area contributed by atoms with Crippen molar-refractivity contribution in [1.82, 2.24) is 9.80 Å². The summed E-state index contributed by atoms with van der Waals surface area (Å²) in [6.07, 6.45) is 1.18. The molecule has 5 heteroatoms. The third-order valence-corrected chi connectivity index (χ3v) is 2.99. The number of ether oxygens (including phenoxy) is 1. The molecule has 0 aromatic carbocycles. The van der Waals surface area contributed by atoms with Crippen LogP contribution in [-0.2, 0) is 4.74 Å². The van der Waals surface area contributed by atoms with Crippen LogP contribution in [0.3, 0.4) is 0 Å². The van der Waals surface area contributed by atoms with Crippen LogP contribution < -0.4 is 0 Å². The minimum absolute atomic E-state index is 0.128. The molecule has 1 saturated heterocycles. The lowest BCUT2D eigenvalue weighted by Gasteiger charge is -2.18. The van der Waals surface area contributed by atoms with E-state index in [1.165, 1.54) is 0 Å². The molecule has 1 fully saturated rings. The normalized spacial score (nSPS) is 24.4. The van der Waals surface area contributed by atoms with Crippen LogP contribution >= 0.6 is 0 Å². The minimum atomic E-state index is -0.434. The Labute approximate surface area is 103 Å². The number of amides is 1. The quantitative estimate of drug-likeness (QED) is 0.726. The monoisotopic (exact) mass is 244 g/mol. The number of unbranched alkanes of at least 4 members (excludes halogenated alkanes) is 1. The lowest BCUT2D eigenvalue weighted by Crippen LogP contribution is -2.31. The van der Waals surface area contributed by atoms with Crippen LogP contribution in [0.15, 0.2) is 0 Å². The van der Waals surface area contributed by atoms with Crippen molar-refractivity contribution in [2.75, 3.05) is 40.3 Å². The molecule has 0 aromatic heterocycles. The molecule has 2 atom stereocenters. The standard InChI is InChI=1S/C12H24N2O3/c1-4-5-6-17-12(16)14-8-10(7-13(2)3)11(15)9-14/h10-11,15H,4-9H2,1-3H3. The van der Waals surface area contributed by atoms with Gasteiger partial charge < -0.3 is 19.6 Å². The second-order valence-corrected chi connectivity index (χ2v) is 4.96. The molecule has 0 aromatic rings. The summed E-state index contributed by atoms with van der Waals surface area (Å²) in [6, 6.07) is 0. The Hall–Kier alpha value is -0.810. The summed E-state index contributed by atoms with van der Waals surface area (Å²) in [5, 5.41) is 9.85. The number of aliphatic hydroxyl groups is 1. The van der Waals surface area contributed by atoms with Gasteiger partial charge in [-0.05, 0) is 20.5 Å². The first-order chi connectivity index (χ1) is 8.04. The van der Waals surface area contributed by atoms with E-state index in [4.69, 9.17) is 4.74 Å². The molecular formula is C12H24N2O3. The molecule has 1 heterocycles. The fourth-order valence-electron chi connectivity index (χ4n) is 2.05. The van der Waals surface area contributed by atoms with E-state index in [9.17, 15) is 9.90 Å². The molecule has 1 N–H and O–H groups in total. The Balaban J connectivity index is 2.34. The van der Waals surface area contributed by atoms with Crippen molar-refractivity contribution in [3.63, 3.8) is 0 Å². The number of hydrogen-bond donors (Lipinski definition) is 1. The molecule has 2 unspecified atom stereocenters. The Kier molecular flexibility index (Phi) is 5.71. The molecule has 17 heavy (non-hydrogen) atoms. The number of rotatable bonds is 5. The van der Waals surface area contributed by atoms with Gasteiger partial charge in [-0.15, -0.1) is 0 Å². The van der Waals surface area contributed by atoms with E-state index in [2.05, 4.69) is 6.92 Å². The van der Waals surface area contributed by atoms with Gasteiger partial charge >= 0.3 is 6.09 Å². The van der Waals surface area contributed by atoms with E-state index < -0.39 is 6.10 Å². The number of carbonyl (C=O) groups is 1. The first-order valence-corrected chi connectivity index (χ1v) is 6.29. The van der Waals surface area contributed by atoms with Crippen LogP contribution in [0, 0.1) is 5.92 Å². The van der Waals surface area contributed by atoms with Gasteiger partial charge in [0.25, 0.3) is 0 Å². The maximum Gasteiger partial charge on any atom is 0.409 e. The highest BCUT2D eigenvalue weighted by Crippen LogP contribution is 2.18. The highest BCUT2D eigenvalue weighted by Gasteiger charge is 2.34. The van der Waals surface area contributed by atoms with E-state index >= 15 is 0 Å². The number of aliphatic hydroxyl groups excluding tert-OH is 1. The van der Waals surface area contributed by atoms with Gasteiger partial charge in [0.1, 0.15) is 0 Å². The predicted octanol–water partition coefficient (Wildman–Crippen LogP) is 0.777. The van der Waals surface area contributed by atoms with E-state index in [0.717, 1.165) is 19.4 Å². The number of hydrogen-bond acceptors (Lipinski definition) is 4. The van der Waals surface area contributed by atoms with Crippen molar-refractivity contribution in [2.45, 2.75) is 25.9 Å². The van der Waals surface area contributed by atoms with Crippen LogP contribution in [0.25, 0.3) is 0 Å². The summed E-state index contributed by atoms with van der Waals surface area (Å²) in [5.74, 6) is 0.128. The van der Waals surface area contributed by atoms with Crippen LogP contribution in [0.4, 0.5) is 4.79 Å². The van der Waals surface area contributed by atoms with Crippen molar-refractivity contribution in [1.29, 1.82) is 0 Å². The maximum atomic E-state index is 11.7.